The second-order valence-electron chi connectivity index (χ2n) is 2.31. The summed E-state index contributed by atoms with van der Waals surface area (Å²) in [6.07, 6.45) is 3.45. The Hall–Kier alpha value is 2.07. The zero-order chi connectivity index (χ0) is 8.58. The van der Waals surface area contributed by atoms with Crippen molar-refractivity contribution in [1.82, 2.24) is 0 Å². The van der Waals surface area contributed by atoms with E-state index in [1.54, 1.807) is 12.5 Å². The molecule has 0 aromatic rings. The first-order valence-corrected chi connectivity index (χ1v) is 8.37. The fourth-order valence-corrected chi connectivity index (χ4v) is 5.50. The van der Waals surface area contributed by atoms with Crippen molar-refractivity contribution in [2.45, 2.75) is 6.30 Å². The van der Waals surface area contributed by atoms with E-state index in [9.17, 15) is 4.21 Å². The van der Waals surface area contributed by atoms with Crippen molar-refractivity contribution >= 4 is 73.7 Å². The average Bonchev–Trinajstić information content (AvgIpc) is 1.59. The summed E-state index contributed by atoms with van der Waals surface area (Å²) in [6.45, 7) is 0. The van der Waals surface area contributed by atoms with Crippen molar-refractivity contribution in [1.29, 1.82) is 0 Å². The van der Waals surface area contributed by atoms with Crippen molar-refractivity contribution in [3.05, 3.63) is 0 Å². The number of thiol groups is 1. The van der Waals surface area contributed by atoms with E-state index in [-0.39, 0.29) is 4.16 Å². The molecule has 1 atom stereocenters. The van der Waals surface area contributed by atoms with E-state index in [1.807, 2.05) is 0 Å². The summed E-state index contributed by atoms with van der Waals surface area (Å²) in [5.74, 6) is 0. The van der Waals surface area contributed by atoms with Gasteiger partial charge in [-0.2, -0.15) is 0 Å². The van der Waals surface area contributed by atoms with Crippen LogP contribution in [0.2, 0.25) is 0 Å². The molecule has 6 heteroatoms. The predicted octanol–water partition coefficient (Wildman–Crippen LogP) is 2.82. The minimum Gasteiger partial charge on any atom is -0.284 e. The molecular weight excluding hydrogens is 416 g/mol. The van der Waals surface area contributed by atoms with Gasteiger partial charge in [0.25, 0.3) is 0 Å². The maximum absolute atomic E-state index is 11.4. The molecule has 1 nitrogen and oxygen atoms in total. The molecule has 0 aromatic carbocycles. The molecule has 0 aliphatic carbocycles. The minimum atomic E-state index is -2.10. The molecule has 0 heterocycles. The number of rotatable bonds is 1. The predicted molar refractivity (Wildman–Crippen MR) is 63.6 cm³/mol. The van der Waals surface area contributed by atoms with E-state index >= 15 is 0 Å². The van der Waals surface area contributed by atoms with Gasteiger partial charge in [0.15, 0.2) is 2.14 Å². The fraction of sp³-hybridized carbons (Fsp3) is 1.00. The highest BCUT2D eigenvalue weighted by molar-refractivity contribution is 9.40. The quantitative estimate of drug-likeness (QED) is 0.507. The van der Waals surface area contributed by atoms with Gasteiger partial charge in [0.1, 0.15) is 4.16 Å². The molecule has 0 saturated carbocycles. The van der Waals surface area contributed by atoms with Crippen LogP contribution >= 0.6 is 63.7 Å². The minimum absolute atomic E-state index is 0.118. The van der Waals surface area contributed by atoms with Crippen LogP contribution in [0.5, 0.6) is 0 Å². The Kier molecular flexibility index (Phi) is 4.65. The van der Waals surface area contributed by atoms with Crippen LogP contribution in [0.1, 0.15) is 0 Å². The van der Waals surface area contributed by atoms with Gasteiger partial charge in [-0.05, 0) is 12.5 Å². The molecule has 0 bridgehead atoms. The van der Waals surface area contributed by atoms with Crippen LogP contribution in [-0.2, 0) is 9.93 Å². The van der Waals surface area contributed by atoms with Gasteiger partial charge < -0.3 is 0 Å². The molecule has 0 aliphatic rings. The van der Waals surface area contributed by atoms with Crippen molar-refractivity contribution in [3.8, 4) is 0 Å². The Balaban J connectivity index is 4.39. The third-order valence-corrected chi connectivity index (χ3v) is 10.2. The van der Waals surface area contributed by atoms with E-state index < -0.39 is 12.1 Å². The van der Waals surface area contributed by atoms with Crippen LogP contribution in [0, 0.1) is 0 Å². The lowest BCUT2D eigenvalue weighted by Crippen LogP contribution is -2.30. The summed E-state index contributed by atoms with van der Waals surface area (Å²) >= 11 is 13.2. The summed E-state index contributed by atoms with van der Waals surface area (Å²) in [4.78, 5) is 0. The summed E-state index contributed by atoms with van der Waals surface area (Å²) < 4.78 is 10.8. The number of hydrogen-bond donors (Lipinski definition) is 1. The maximum atomic E-state index is 11.4. The Morgan fingerprint density at radius 3 is 1.60 bits per heavy atom. The maximum Gasteiger partial charge on any atom is 0.157 e. The number of hydrogen-bond acceptors (Lipinski definition) is 1. The number of alkyl halides is 4. The van der Waals surface area contributed by atoms with Crippen molar-refractivity contribution in [3.63, 3.8) is 0 Å². The molecular formula is C4H8Br4OS. The van der Waals surface area contributed by atoms with E-state index in [1.165, 1.54) is 0 Å². The zero-order valence-electron chi connectivity index (χ0n) is 5.44. The molecule has 0 radical (unpaired) electrons. The van der Waals surface area contributed by atoms with Gasteiger partial charge in [-0.25, -0.2) is 0 Å². The Bertz CT molecular complexity index is 157. The molecule has 0 aromatic heterocycles. The SMILES string of the molecule is C[SH](C)(=O)C(Br)C(Br)(Br)Br. The molecule has 0 N–H and O–H groups in total. The van der Waals surface area contributed by atoms with E-state index in [4.69, 9.17) is 0 Å². The Morgan fingerprint density at radius 2 is 1.60 bits per heavy atom. The van der Waals surface area contributed by atoms with Crippen LogP contribution in [0.15, 0.2) is 0 Å². The number of halogens is 4. The normalized spacial score (nSPS) is 18.6. The highest BCUT2D eigenvalue weighted by Gasteiger charge is 2.34. The highest BCUT2D eigenvalue weighted by atomic mass is 80.0. The molecule has 0 saturated heterocycles. The molecule has 1 unspecified atom stereocenters. The lowest BCUT2D eigenvalue weighted by atomic mass is 11.0. The molecule has 10 heavy (non-hydrogen) atoms. The van der Waals surface area contributed by atoms with Gasteiger partial charge in [0, 0.05) is 0 Å². The first kappa shape index (κ1) is 12.1. The van der Waals surface area contributed by atoms with Crippen LogP contribution in [0.25, 0.3) is 0 Å². The fourth-order valence-electron chi connectivity index (χ4n) is 0.353. The molecule has 0 amide bonds. The topological polar surface area (TPSA) is 17.1 Å². The smallest absolute Gasteiger partial charge is 0.157 e. The third-order valence-electron chi connectivity index (χ3n) is 0.816. The molecule has 0 spiro atoms. The van der Waals surface area contributed by atoms with Crippen LogP contribution in [0.3, 0.4) is 0 Å². The van der Waals surface area contributed by atoms with Crippen molar-refractivity contribution in [2.24, 2.45) is 0 Å². The Labute approximate surface area is 95.6 Å². The highest BCUT2D eigenvalue weighted by Crippen LogP contribution is 2.44. The summed E-state index contributed by atoms with van der Waals surface area (Å²) in [6, 6.07) is 0. The summed E-state index contributed by atoms with van der Waals surface area (Å²) in [7, 11) is -2.10. The summed E-state index contributed by atoms with van der Waals surface area (Å²) in [5, 5.41) is 0. The first-order valence-electron chi connectivity index (χ1n) is 2.41. The van der Waals surface area contributed by atoms with Gasteiger partial charge >= 0.3 is 0 Å². The van der Waals surface area contributed by atoms with Crippen molar-refractivity contribution < 1.29 is 4.21 Å². The van der Waals surface area contributed by atoms with Crippen LogP contribution in [-0.4, -0.2) is 23.0 Å². The largest absolute Gasteiger partial charge is 0.284 e. The van der Waals surface area contributed by atoms with E-state index in [0.29, 0.717) is 0 Å². The van der Waals surface area contributed by atoms with Crippen LogP contribution in [0.4, 0.5) is 0 Å². The van der Waals surface area contributed by atoms with E-state index in [2.05, 4.69) is 63.7 Å². The first-order chi connectivity index (χ1) is 4.15. The van der Waals surface area contributed by atoms with Gasteiger partial charge in [0.05, 0.1) is 0 Å². The lowest BCUT2D eigenvalue weighted by Gasteiger charge is -2.26. The Morgan fingerprint density at radius 1 is 1.30 bits per heavy atom. The standard InChI is InChI=1S/C4H8Br4OS/c1-10(2,9)3(5)4(6,7)8/h3,10H,1-2H3. The van der Waals surface area contributed by atoms with E-state index in [0.717, 1.165) is 0 Å². The van der Waals surface area contributed by atoms with Crippen LogP contribution < -0.4 is 0 Å². The molecule has 64 valence electrons. The van der Waals surface area contributed by atoms with Gasteiger partial charge in [-0.3, -0.25) is 4.21 Å². The average molecular weight is 424 g/mol. The monoisotopic (exact) mass is 420 g/mol. The zero-order valence-corrected chi connectivity index (χ0v) is 12.7. The lowest BCUT2D eigenvalue weighted by molar-refractivity contribution is 0.677. The van der Waals surface area contributed by atoms with Gasteiger partial charge in [-0.1, -0.05) is 73.7 Å². The molecule has 0 aliphatic heterocycles. The molecule has 0 rings (SSSR count). The van der Waals surface area contributed by atoms with Gasteiger partial charge in [-0.15, -0.1) is 0 Å². The second kappa shape index (κ2) is 3.85. The third kappa shape index (κ3) is 4.18. The van der Waals surface area contributed by atoms with Gasteiger partial charge in [0.2, 0.25) is 0 Å². The summed E-state index contributed by atoms with van der Waals surface area (Å²) in [5.41, 5.74) is 0. The molecule has 0 fully saturated rings. The van der Waals surface area contributed by atoms with Crippen molar-refractivity contribution in [2.75, 3.05) is 12.5 Å². The second-order valence-corrected chi connectivity index (χ2v) is 14.3.